The maximum Gasteiger partial charge on any atom is 0.149 e. The Morgan fingerprint density at radius 3 is 1.82 bits per heavy atom. The Bertz CT molecular complexity index is 3560. The number of hydrogen-bond donors (Lipinski definition) is 1. The van der Waals surface area contributed by atoms with Gasteiger partial charge < -0.3 is 5.11 Å². The van der Waals surface area contributed by atoms with Gasteiger partial charge >= 0.3 is 0 Å². The first-order chi connectivity index (χ1) is 32.0. The molecule has 8 aromatic carbocycles. The predicted molar refractivity (Wildman–Crippen MR) is 284 cm³/mol. The summed E-state index contributed by atoms with van der Waals surface area (Å²) in [5.41, 5.74) is 20.2. The van der Waals surface area contributed by atoms with Crippen molar-refractivity contribution >= 4 is 32.6 Å². The number of rotatable bonds is 6. The molecule has 4 nitrogen and oxygen atoms in total. The van der Waals surface area contributed by atoms with Crippen LogP contribution in [0.3, 0.4) is 0 Å². The van der Waals surface area contributed by atoms with Crippen LogP contribution >= 0.6 is 0 Å². The second kappa shape index (κ2) is 16.2. The van der Waals surface area contributed by atoms with Crippen molar-refractivity contribution in [2.45, 2.75) is 87.0 Å². The number of phenolic OH excluding ortho intramolecular Hbond substituents is 1. The fourth-order valence-electron chi connectivity index (χ4n) is 10.4. The monoisotopic (exact) mass is 873 g/mol. The first-order valence-electron chi connectivity index (χ1n) is 23.5. The van der Waals surface area contributed by atoms with Crippen LogP contribution in [0.2, 0.25) is 0 Å². The molecule has 0 bridgehead atoms. The van der Waals surface area contributed by atoms with Crippen molar-refractivity contribution in [3.05, 3.63) is 191 Å². The summed E-state index contributed by atoms with van der Waals surface area (Å²) in [6.45, 7) is 24.3. The van der Waals surface area contributed by atoms with Crippen LogP contribution < -0.4 is 0 Å². The highest BCUT2D eigenvalue weighted by Gasteiger charge is 2.30. The molecule has 0 fully saturated rings. The third kappa shape index (κ3) is 7.59. The van der Waals surface area contributed by atoms with Crippen LogP contribution in [-0.4, -0.2) is 19.6 Å². The summed E-state index contributed by atoms with van der Waals surface area (Å²) in [4.78, 5) is 10.8. The van der Waals surface area contributed by atoms with Crippen LogP contribution in [0.4, 0.5) is 0 Å². The van der Waals surface area contributed by atoms with Crippen molar-refractivity contribution < 1.29 is 5.11 Å². The minimum Gasteiger partial charge on any atom is -0.507 e. The summed E-state index contributed by atoms with van der Waals surface area (Å²) < 4.78 is 2.31. The van der Waals surface area contributed by atoms with Gasteiger partial charge in [-0.05, 0) is 160 Å². The van der Waals surface area contributed by atoms with Gasteiger partial charge in [-0.1, -0.05) is 150 Å². The first kappa shape index (κ1) is 43.6. The van der Waals surface area contributed by atoms with Crippen LogP contribution in [0.15, 0.2) is 152 Å². The number of aryl methyl sites for hydroxylation is 5. The van der Waals surface area contributed by atoms with Gasteiger partial charge in [0.2, 0.25) is 0 Å². The van der Waals surface area contributed by atoms with Crippen molar-refractivity contribution in [2.75, 3.05) is 0 Å². The zero-order valence-corrected chi connectivity index (χ0v) is 40.7. The summed E-state index contributed by atoms with van der Waals surface area (Å²) >= 11 is 0. The van der Waals surface area contributed by atoms with E-state index in [1.807, 2.05) is 6.20 Å². The number of benzene rings is 8. The molecule has 10 aromatic rings. The lowest BCUT2D eigenvalue weighted by Crippen LogP contribution is -2.17. The average molecular weight is 874 g/mol. The van der Waals surface area contributed by atoms with Crippen molar-refractivity contribution in [1.82, 2.24) is 14.5 Å². The van der Waals surface area contributed by atoms with E-state index in [2.05, 4.69) is 226 Å². The predicted octanol–water partition coefficient (Wildman–Crippen LogP) is 16.9. The molecular weight excluding hydrogens is 815 g/mol. The van der Waals surface area contributed by atoms with E-state index >= 15 is 0 Å². The highest BCUT2D eigenvalue weighted by atomic mass is 16.3. The zero-order chi connectivity index (χ0) is 47.1. The summed E-state index contributed by atoms with van der Waals surface area (Å²) in [5.74, 6) is 0.953. The molecule has 4 heteroatoms. The lowest BCUT2D eigenvalue weighted by molar-refractivity contribution is 0.446. The van der Waals surface area contributed by atoms with Gasteiger partial charge in [0.25, 0.3) is 0 Å². The van der Waals surface area contributed by atoms with Crippen LogP contribution in [0, 0.1) is 34.6 Å². The largest absolute Gasteiger partial charge is 0.507 e. The Balaban J connectivity index is 1.32. The molecule has 0 atom stereocenters. The molecule has 0 spiro atoms. The van der Waals surface area contributed by atoms with E-state index in [0.29, 0.717) is 11.4 Å². The van der Waals surface area contributed by atoms with E-state index < -0.39 is 0 Å². The van der Waals surface area contributed by atoms with Crippen LogP contribution in [0.5, 0.6) is 5.75 Å². The topological polar surface area (TPSA) is 50.9 Å². The molecule has 67 heavy (non-hydrogen) atoms. The van der Waals surface area contributed by atoms with E-state index in [1.165, 1.54) is 38.8 Å². The van der Waals surface area contributed by atoms with Gasteiger partial charge in [-0.3, -0.25) is 9.55 Å². The van der Waals surface area contributed by atoms with Gasteiger partial charge in [0.15, 0.2) is 0 Å². The minimum atomic E-state index is -0.334. The molecule has 2 aromatic heterocycles. The Kier molecular flexibility index (Phi) is 10.6. The molecule has 0 unspecified atom stereocenters. The number of nitrogens with zero attached hydrogens (tertiary/aromatic N) is 3. The zero-order valence-electron chi connectivity index (χ0n) is 40.7. The smallest absolute Gasteiger partial charge is 0.149 e. The number of hydrogen-bond acceptors (Lipinski definition) is 3. The molecule has 0 aliphatic heterocycles. The van der Waals surface area contributed by atoms with Crippen LogP contribution in [0.25, 0.3) is 94.3 Å². The molecule has 0 aliphatic carbocycles. The number of aromatic nitrogens is 3. The highest BCUT2D eigenvalue weighted by Crippen LogP contribution is 2.47. The molecule has 2 heterocycles. The quantitative estimate of drug-likeness (QED) is 0.169. The normalized spacial score (nSPS) is 12.2. The van der Waals surface area contributed by atoms with Gasteiger partial charge in [0.1, 0.15) is 11.6 Å². The number of aromatic hydroxyl groups is 1. The molecule has 0 aliphatic rings. The van der Waals surface area contributed by atoms with E-state index in [0.717, 1.165) is 83.1 Å². The van der Waals surface area contributed by atoms with Crippen molar-refractivity contribution in [2.24, 2.45) is 0 Å². The van der Waals surface area contributed by atoms with Gasteiger partial charge in [0, 0.05) is 28.3 Å². The lowest BCUT2D eigenvalue weighted by atomic mass is 9.79. The summed E-state index contributed by atoms with van der Waals surface area (Å²) in [5, 5.41) is 17.2. The SMILES string of the molecule is Cc1cc(C)c(-c2ccnc(-c3ccc4c(C)c(C)c5ccc6c(nc(-c7cc(C(C)(C)C)cc(C(C)(C)C)c7O)n6-c6ccc(-c7ccccc7)cc6-c6ccccc6)c5c4c3)c2)c(C)c1. The average Bonchev–Trinajstić information content (AvgIpc) is 3.69. The lowest BCUT2D eigenvalue weighted by Gasteiger charge is -2.27. The van der Waals surface area contributed by atoms with E-state index in [1.54, 1.807) is 0 Å². The highest BCUT2D eigenvalue weighted by molar-refractivity contribution is 6.21. The van der Waals surface area contributed by atoms with Crippen LogP contribution in [0.1, 0.15) is 80.5 Å². The summed E-state index contributed by atoms with van der Waals surface area (Å²) in [6.07, 6.45) is 1.94. The number of phenols is 1. The molecule has 1 N–H and O–H groups in total. The van der Waals surface area contributed by atoms with Gasteiger partial charge in [-0.25, -0.2) is 4.98 Å². The number of fused-ring (bicyclic) bond motifs is 5. The maximum atomic E-state index is 12.7. The van der Waals surface area contributed by atoms with Crippen molar-refractivity contribution in [3.63, 3.8) is 0 Å². The standard InChI is InChI=1S/C63H59N3O/c1-37-30-38(2)57(39(3)31-37)46-28-29-64-54(34-46)45-22-24-48-40(4)41(5)49-25-27-56-59(58(49)51(48)33-45)65-61(52-35-47(62(6,7)8)36-53(60(52)67)63(9,10)11)66(56)55-26-23-44(42-18-14-12-15-19-42)32-50(55)43-20-16-13-17-21-43/h12-36,67H,1-11H3. The van der Waals surface area contributed by atoms with Crippen molar-refractivity contribution in [3.8, 4) is 67.5 Å². The molecule has 332 valence electrons. The van der Waals surface area contributed by atoms with E-state index in [-0.39, 0.29) is 16.6 Å². The molecule has 0 saturated heterocycles. The molecule has 0 saturated carbocycles. The van der Waals surface area contributed by atoms with Gasteiger partial charge in [0.05, 0.1) is 28.0 Å². The van der Waals surface area contributed by atoms with Gasteiger partial charge in [-0.15, -0.1) is 0 Å². The molecule has 0 radical (unpaired) electrons. The fourth-order valence-corrected chi connectivity index (χ4v) is 10.4. The van der Waals surface area contributed by atoms with E-state index in [9.17, 15) is 5.11 Å². The van der Waals surface area contributed by atoms with Gasteiger partial charge in [-0.2, -0.15) is 0 Å². The Labute approximate surface area is 395 Å². The Morgan fingerprint density at radius 2 is 1.15 bits per heavy atom. The molecule has 10 rings (SSSR count). The first-order valence-corrected chi connectivity index (χ1v) is 23.5. The Hall–Kier alpha value is -7.30. The number of pyridine rings is 1. The van der Waals surface area contributed by atoms with Crippen LogP contribution in [-0.2, 0) is 10.8 Å². The summed E-state index contributed by atoms with van der Waals surface area (Å²) in [6, 6.07) is 52.5. The second-order valence-corrected chi connectivity index (χ2v) is 20.7. The fraction of sp³-hybridized carbons (Fsp3) is 0.206. The van der Waals surface area contributed by atoms with Crippen molar-refractivity contribution in [1.29, 1.82) is 0 Å². The van der Waals surface area contributed by atoms with E-state index in [4.69, 9.17) is 9.97 Å². The third-order valence-electron chi connectivity index (χ3n) is 14.0. The third-order valence-corrected chi connectivity index (χ3v) is 14.0. The Morgan fingerprint density at radius 1 is 0.507 bits per heavy atom. The summed E-state index contributed by atoms with van der Waals surface area (Å²) in [7, 11) is 0. The molecular formula is C63H59N3O. The maximum absolute atomic E-state index is 12.7. The minimum absolute atomic E-state index is 0.193. The molecule has 0 amide bonds. The number of imidazole rings is 1. The second-order valence-electron chi connectivity index (χ2n) is 20.7.